The third-order valence-electron chi connectivity index (χ3n) is 0.916. The van der Waals surface area contributed by atoms with Crippen molar-refractivity contribution in [1.82, 2.24) is 0 Å². The first-order valence-corrected chi connectivity index (χ1v) is 4.60. The van der Waals surface area contributed by atoms with Crippen LogP contribution in [-0.2, 0) is 19.6 Å². The van der Waals surface area contributed by atoms with Gasteiger partial charge in [0.2, 0.25) is 10.0 Å². The zero-order valence-electron chi connectivity index (χ0n) is 6.40. The summed E-state index contributed by atoms with van der Waals surface area (Å²) in [5.41, 5.74) is -1.05. The predicted molar refractivity (Wildman–Crippen MR) is 39.2 cm³/mol. The van der Waals surface area contributed by atoms with Crippen LogP contribution in [0, 0.1) is 0 Å². The van der Waals surface area contributed by atoms with E-state index in [0.717, 1.165) is 0 Å². The van der Waals surface area contributed by atoms with Gasteiger partial charge in [-0.2, -0.15) is 0 Å². The van der Waals surface area contributed by atoms with Crippen LogP contribution in [-0.4, -0.2) is 26.2 Å². The monoisotopic (exact) mass is 181 g/mol. The lowest BCUT2D eigenvalue weighted by Gasteiger charge is -2.20. The molecule has 0 aliphatic heterocycles. The van der Waals surface area contributed by atoms with E-state index in [2.05, 4.69) is 4.74 Å². The summed E-state index contributed by atoms with van der Waals surface area (Å²) in [6.45, 7) is 3.13. The molecular weight excluding hydrogens is 170 g/mol. The fraction of sp³-hybridized carbons (Fsp3) is 0.800. The molecule has 0 saturated carbocycles. The molecule has 0 radical (unpaired) electrons. The Labute approximate surface area is 65.6 Å². The lowest BCUT2D eigenvalue weighted by molar-refractivity contribution is -0.138. The van der Waals surface area contributed by atoms with Crippen molar-refractivity contribution in [3.8, 4) is 0 Å². The van der Waals surface area contributed by atoms with E-state index >= 15 is 0 Å². The standard InChI is InChI=1S/C5H11NO4S/c1-5(2,10-4-7)3-11(6,8)9/h4H,3H2,1-2H3,(H2,6,8,9). The average molecular weight is 181 g/mol. The van der Waals surface area contributed by atoms with Crippen LogP contribution in [0.15, 0.2) is 0 Å². The molecule has 0 fully saturated rings. The van der Waals surface area contributed by atoms with Crippen molar-refractivity contribution in [1.29, 1.82) is 0 Å². The molecule has 0 saturated heterocycles. The maximum atomic E-state index is 10.5. The number of ether oxygens (including phenoxy) is 1. The summed E-state index contributed by atoms with van der Waals surface area (Å²) in [7, 11) is -3.59. The number of hydrogen-bond donors (Lipinski definition) is 1. The molecule has 0 aromatic rings. The van der Waals surface area contributed by atoms with Crippen LogP contribution >= 0.6 is 0 Å². The second-order valence-corrected chi connectivity index (χ2v) is 4.40. The number of carbonyl (C=O) groups excluding carboxylic acids is 1. The zero-order chi connectivity index (χ0) is 9.12. The van der Waals surface area contributed by atoms with Crippen LogP contribution in [0.4, 0.5) is 0 Å². The molecule has 2 N–H and O–H groups in total. The van der Waals surface area contributed by atoms with Crippen molar-refractivity contribution >= 4 is 16.5 Å². The van der Waals surface area contributed by atoms with Gasteiger partial charge in [-0.25, -0.2) is 13.6 Å². The minimum absolute atomic E-state index is 0.200. The minimum Gasteiger partial charge on any atom is -0.461 e. The lowest BCUT2D eigenvalue weighted by Crippen LogP contribution is -2.36. The molecule has 0 aliphatic rings. The number of primary sulfonamides is 1. The van der Waals surface area contributed by atoms with Gasteiger partial charge in [0, 0.05) is 0 Å². The first-order valence-electron chi connectivity index (χ1n) is 2.89. The normalized spacial score (nSPS) is 12.6. The molecule has 0 aliphatic carbocycles. The summed E-state index contributed by atoms with van der Waals surface area (Å²) in [5, 5.41) is 4.73. The highest BCUT2D eigenvalue weighted by molar-refractivity contribution is 7.89. The molecule has 0 unspecified atom stereocenters. The van der Waals surface area contributed by atoms with E-state index in [-0.39, 0.29) is 12.2 Å². The molecule has 66 valence electrons. The van der Waals surface area contributed by atoms with Gasteiger partial charge < -0.3 is 4.74 Å². The third-order valence-corrected chi connectivity index (χ3v) is 2.01. The van der Waals surface area contributed by atoms with Crippen LogP contribution in [0.25, 0.3) is 0 Å². The first kappa shape index (κ1) is 10.4. The second kappa shape index (κ2) is 3.19. The molecule has 0 heterocycles. The number of hydrogen-bond acceptors (Lipinski definition) is 4. The molecule has 0 aromatic carbocycles. The van der Waals surface area contributed by atoms with E-state index in [1.54, 1.807) is 0 Å². The van der Waals surface area contributed by atoms with E-state index in [0.29, 0.717) is 0 Å². The quantitative estimate of drug-likeness (QED) is 0.577. The number of nitrogens with two attached hydrogens (primary N) is 1. The minimum atomic E-state index is -3.59. The maximum Gasteiger partial charge on any atom is 0.293 e. The van der Waals surface area contributed by atoms with Crippen LogP contribution in [0.5, 0.6) is 0 Å². The van der Waals surface area contributed by atoms with E-state index in [1.165, 1.54) is 13.8 Å². The van der Waals surface area contributed by atoms with Crippen LogP contribution in [0.2, 0.25) is 0 Å². The van der Waals surface area contributed by atoms with Crippen molar-refractivity contribution in [2.24, 2.45) is 5.14 Å². The lowest BCUT2D eigenvalue weighted by atomic mass is 10.2. The van der Waals surface area contributed by atoms with Gasteiger partial charge in [0.15, 0.2) is 0 Å². The smallest absolute Gasteiger partial charge is 0.293 e. The Hall–Kier alpha value is -0.620. The Morgan fingerprint density at radius 3 is 2.27 bits per heavy atom. The molecule has 6 heteroatoms. The maximum absolute atomic E-state index is 10.5. The number of rotatable bonds is 4. The molecule has 0 rings (SSSR count). The van der Waals surface area contributed by atoms with Gasteiger partial charge in [-0.05, 0) is 13.8 Å². The largest absolute Gasteiger partial charge is 0.461 e. The highest BCUT2D eigenvalue weighted by Crippen LogP contribution is 2.08. The molecule has 0 atom stereocenters. The fourth-order valence-electron chi connectivity index (χ4n) is 0.649. The SMILES string of the molecule is CC(C)(CS(N)(=O)=O)OC=O. The second-order valence-electron chi connectivity index (χ2n) is 2.78. The predicted octanol–water partition coefficient (Wildman–Crippen LogP) is -0.774. The van der Waals surface area contributed by atoms with Gasteiger partial charge in [0.1, 0.15) is 11.4 Å². The van der Waals surface area contributed by atoms with Crippen molar-refractivity contribution in [2.75, 3.05) is 5.75 Å². The zero-order valence-corrected chi connectivity index (χ0v) is 7.22. The molecular formula is C5H11NO4S. The topological polar surface area (TPSA) is 86.5 Å². The summed E-state index contributed by atoms with van der Waals surface area (Å²) >= 11 is 0. The van der Waals surface area contributed by atoms with Crippen LogP contribution < -0.4 is 5.14 Å². The summed E-state index contributed by atoms with van der Waals surface area (Å²) in [4.78, 5) is 9.85. The first-order chi connectivity index (χ1) is 4.77. The van der Waals surface area contributed by atoms with Gasteiger partial charge in [-0.3, -0.25) is 4.79 Å². The summed E-state index contributed by atoms with van der Waals surface area (Å²) in [6.07, 6.45) is 0. The van der Waals surface area contributed by atoms with Crippen molar-refractivity contribution in [3.05, 3.63) is 0 Å². The van der Waals surface area contributed by atoms with E-state index < -0.39 is 15.6 Å². The molecule has 0 amide bonds. The van der Waals surface area contributed by atoms with Gasteiger partial charge in [0.25, 0.3) is 6.47 Å². The highest BCUT2D eigenvalue weighted by atomic mass is 32.2. The van der Waals surface area contributed by atoms with Crippen LogP contribution in [0.1, 0.15) is 13.8 Å². The van der Waals surface area contributed by atoms with E-state index in [1.807, 2.05) is 0 Å². The van der Waals surface area contributed by atoms with E-state index in [4.69, 9.17) is 5.14 Å². The molecule has 5 nitrogen and oxygen atoms in total. The van der Waals surface area contributed by atoms with Gasteiger partial charge in [0.05, 0.1) is 0 Å². The number of carbonyl (C=O) groups is 1. The Bertz CT molecular complexity index is 231. The van der Waals surface area contributed by atoms with Crippen molar-refractivity contribution in [3.63, 3.8) is 0 Å². The Morgan fingerprint density at radius 2 is 2.00 bits per heavy atom. The highest BCUT2D eigenvalue weighted by Gasteiger charge is 2.24. The van der Waals surface area contributed by atoms with E-state index in [9.17, 15) is 13.2 Å². The third kappa shape index (κ3) is 5.81. The summed E-state index contributed by atoms with van der Waals surface area (Å²) in [6, 6.07) is 0. The molecule has 0 spiro atoms. The molecule has 0 aromatic heterocycles. The van der Waals surface area contributed by atoms with Gasteiger partial charge >= 0.3 is 0 Å². The Kier molecular flexibility index (Phi) is 3.01. The fourth-order valence-corrected chi connectivity index (χ4v) is 1.69. The average Bonchev–Trinajstić information content (AvgIpc) is 1.55. The summed E-state index contributed by atoms with van der Waals surface area (Å²) < 4.78 is 25.5. The van der Waals surface area contributed by atoms with Gasteiger partial charge in [-0.1, -0.05) is 0 Å². The van der Waals surface area contributed by atoms with Crippen LogP contribution in [0.3, 0.4) is 0 Å². The summed E-state index contributed by atoms with van der Waals surface area (Å²) in [5.74, 6) is -0.376. The Morgan fingerprint density at radius 1 is 1.55 bits per heavy atom. The molecule has 0 bridgehead atoms. The molecule has 11 heavy (non-hydrogen) atoms. The number of sulfonamides is 1. The van der Waals surface area contributed by atoms with Gasteiger partial charge in [-0.15, -0.1) is 0 Å². The van der Waals surface area contributed by atoms with Crippen molar-refractivity contribution in [2.45, 2.75) is 19.4 Å². The van der Waals surface area contributed by atoms with Crippen molar-refractivity contribution < 1.29 is 17.9 Å². The Balaban J connectivity index is 4.24.